The van der Waals surface area contributed by atoms with Crippen molar-refractivity contribution >= 4 is 16.9 Å². The number of aromatic nitrogens is 2. The van der Waals surface area contributed by atoms with E-state index in [0.717, 1.165) is 5.69 Å². The molecule has 3 aromatic rings. The number of hydrogen-bond donors (Lipinski definition) is 1. The monoisotopic (exact) mass is 243 g/mol. The van der Waals surface area contributed by atoms with Crippen LogP contribution >= 0.6 is 0 Å². The molecule has 0 aliphatic carbocycles. The molecule has 0 aliphatic heterocycles. The van der Waals surface area contributed by atoms with Crippen LogP contribution in [0.2, 0.25) is 0 Å². The van der Waals surface area contributed by atoms with Crippen molar-refractivity contribution in [1.82, 2.24) is 9.97 Å². The molecular formula is C13H10FN3O. The maximum atomic E-state index is 13.4. The molecule has 4 nitrogen and oxygen atoms in total. The highest BCUT2D eigenvalue weighted by Gasteiger charge is 2.10. The zero-order valence-corrected chi connectivity index (χ0v) is 9.64. The summed E-state index contributed by atoms with van der Waals surface area (Å²) < 4.78 is 18.9. The molecule has 0 spiro atoms. The largest absolute Gasteiger partial charge is 0.434 e. The fourth-order valence-corrected chi connectivity index (χ4v) is 1.70. The number of pyridine rings is 1. The molecular weight excluding hydrogens is 233 g/mol. The number of halogens is 1. The van der Waals surface area contributed by atoms with Gasteiger partial charge in [0.05, 0.1) is 5.69 Å². The van der Waals surface area contributed by atoms with E-state index in [1.165, 1.54) is 12.1 Å². The van der Waals surface area contributed by atoms with Crippen molar-refractivity contribution in [1.29, 1.82) is 0 Å². The molecule has 90 valence electrons. The fourth-order valence-electron chi connectivity index (χ4n) is 1.70. The lowest BCUT2D eigenvalue weighted by atomic mass is 10.2. The number of fused-ring (bicyclic) bond motifs is 1. The highest BCUT2D eigenvalue weighted by atomic mass is 19.1. The van der Waals surface area contributed by atoms with E-state index in [1.807, 2.05) is 13.0 Å². The Morgan fingerprint density at radius 3 is 2.78 bits per heavy atom. The fraction of sp³-hybridized carbons (Fsp3) is 0.0769. The number of hydrogen-bond acceptors (Lipinski definition) is 4. The lowest BCUT2D eigenvalue weighted by Crippen LogP contribution is -1.90. The first kappa shape index (κ1) is 10.7. The zero-order chi connectivity index (χ0) is 12.7. The molecule has 0 bridgehead atoms. The molecule has 2 N–H and O–H groups in total. The van der Waals surface area contributed by atoms with Gasteiger partial charge in [-0.2, -0.15) is 4.98 Å². The maximum Gasteiger partial charge on any atom is 0.228 e. The van der Waals surface area contributed by atoms with E-state index in [-0.39, 0.29) is 5.69 Å². The summed E-state index contributed by atoms with van der Waals surface area (Å²) in [6.45, 7) is 1.87. The number of aryl methyl sites for hydroxylation is 1. The predicted octanol–water partition coefficient (Wildman–Crippen LogP) is 2.92. The molecule has 2 aromatic heterocycles. The molecule has 0 amide bonds. The number of rotatable bonds is 1. The third kappa shape index (κ3) is 1.69. The summed E-state index contributed by atoms with van der Waals surface area (Å²) in [4.78, 5) is 8.47. The van der Waals surface area contributed by atoms with Crippen LogP contribution in [0.4, 0.5) is 10.1 Å². The lowest BCUT2D eigenvalue weighted by molar-refractivity contribution is 0.612. The zero-order valence-electron chi connectivity index (χ0n) is 9.64. The van der Waals surface area contributed by atoms with E-state index >= 15 is 0 Å². The van der Waals surface area contributed by atoms with E-state index in [1.54, 1.807) is 12.1 Å². The summed E-state index contributed by atoms with van der Waals surface area (Å²) in [5, 5.41) is 0. The standard InChI is InChI=1S/C13H10FN3O/c1-7-2-5-11-12(16-7)17-13(18-11)8-3-4-10(15)9(14)6-8/h2-6H,15H2,1H3. The highest BCUT2D eigenvalue weighted by Crippen LogP contribution is 2.25. The van der Waals surface area contributed by atoms with E-state index in [9.17, 15) is 4.39 Å². The van der Waals surface area contributed by atoms with Gasteiger partial charge >= 0.3 is 0 Å². The second kappa shape index (κ2) is 3.80. The molecule has 0 atom stereocenters. The van der Waals surface area contributed by atoms with E-state index in [4.69, 9.17) is 10.2 Å². The van der Waals surface area contributed by atoms with Gasteiger partial charge in [0.2, 0.25) is 5.89 Å². The molecule has 0 fully saturated rings. The average Bonchev–Trinajstić information content (AvgIpc) is 2.75. The first-order chi connectivity index (χ1) is 8.63. The van der Waals surface area contributed by atoms with Crippen LogP contribution in [0.25, 0.3) is 22.7 Å². The van der Waals surface area contributed by atoms with E-state index in [0.29, 0.717) is 22.7 Å². The Balaban J connectivity index is 2.16. The van der Waals surface area contributed by atoms with Crippen molar-refractivity contribution in [2.24, 2.45) is 0 Å². The minimum absolute atomic E-state index is 0.101. The van der Waals surface area contributed by atoms with Gasteiger partial charge in [-0.1, -0.05) is 0 Å². The minimum atomic E-state index is -0.487. The molecule has 5 heteroatoms. The third-order valence-electron chi connectivity index (χ3n) is 2.64. The molecule has 0 saturated heterocycles. The molecule has 0 unspecified atom stereocenters. The molecule has 1 aromatic carbocycles. The summed E-state index contributed by atoms with van der Waals surface area (Å²) in [5.74, 6) is -0.152. The Bertz CT molecular complexity index is 736. The number of nitrogens with two attached hydrogens (primary N) is 1. The van der Waals surface area contributed by atoms with Gasteiger partial charge in [-0.25, -0.2) is 9.37 Å². The van der Waals surface area contributed by atoms with Crippen LogP contribution in [0.3, 0.4) is 0 Å². The van der Waals surface area contributed by atoms with Gasteiger partial charge in [-0.3, -0.25) is 0 Å². The topological polar surface area (TPSA) is 64.9 Å². The highest BCUT2D eigenvalue weighted by molar-refractivity contribution is 5.72. The van der Waals surface area contributed by atoms with Gasteiger partial charge in [0.25, 0.3) is 0 Å². The number of oxazole rings is 1. The van der Waals surface area contributed by atoms with Gasteiger partial charge in [0.1, 0.15) is 5.82 Å². The maximum absolute atomic E-state index is 13.4. The van der Waals surface area contributed by atoms with Gasteiger partial charge in [-0.15, -0.1) is 0 Å². The molecule has 0 aliphatic rings. The van der Waals surface area contributed by atoms with Gasteiger partial charge in [0.15, 0.2) is 11.2 Å². The Morgan fingerprint density at radius 2 is 2.00 bits per heavy atom. The first-order valence-electron chi connectivity index (χ1n) is 5.43. The van der Waals surface area contributed by atoms with Crippen molar-refractivity contribution in [2.75, 3.05) is 5.73 Å². The normalized spacial score (nSPS) is 11.0. The quantitative estimate of drug-likeness (QED) is 0.667. The Hall–Kier alpha value is -2.43. The smallest absolute Gasteiger partial charge is 0.228 e. The SMILES string of the molecule is Cc1ccc2oc(-c3ccc(N)c(F)c3)nc2n1. The van der Waals surface area contributed by atoms with E-state index < -0.39 is 5.82 Å². The third-order valence-corrected chi connectivity index (χ3v) is 2.64. The Labute approximate surface area is 102 Å². The summed E-state index contributed by atoms with van der Waals surface area (Å²) >= 11 is 0. The first-order valence-corrected chi connectivity index (χ1v) is 5.43. The second-order valence-corrected chi connectivity index (χ2v) is 4.03. The molecule has 3 rings (SSSR count). The molecule has 18 heavy (non-hydrogen) atoms. The van der Waals surface area contributed by atoms with Gasteiger partial charge in [-0.05, 0) is 37.3 Å². The summed E-state index contributed by atoms with van der Waals surface area (Å²) in [6, 6.07) is 8.07. The number of nitrogens with zero attached hydrogens (tertiary/aromatic N) is 2. The summed E-state index contributed by atoms with van der Waals surface area (Å²) in [5.41, 5.74) is 8.01. The van der Waals surface area contributed by atoms with Crippen LogP contribution in [0, 0.1) is 12.7 Å². The number of benzene rings is 1. The molecule has 0 radical (unpaired) electrons. The number of nitrogen functional groups attached to an aromatic ring is 1. The van der Waals surface area contributed by atoms with E-state index in [2.05, 4.69) is 9.97 Å². The van der Waals surface area contributed by atoms with Crippen molar-refractivity contribution in [3.05, 3.63) is 41.8 Å². The molecule has 2 heterocycles. The summed E-state index contributed by atoms with van der Waals surface area (Å²) in [7, 11) is 0. The average molecular weight is 243 g/mol. The van der Waals surface area contributed by atoms with Crippen LogP contribution in [0.1, 0.15) is 5.69 Å². The Morgan fingerprint density at radius 1 is 1.17 bits per heavy atom. The van der Waals surface area contributed by atoms with Gasteiger partial charge < -0.3 is 10.2 Å². The lowest BCUT2D eigenvalue weighted by Gasteiger charge is -1.98. The summed E-state index contributed by atoms with van der Waals surface area (Å²) in [6.07, 6.45) is 0. The molecule has 0 saturated carbocycles. The van der Waals surface area contributed by atoms with Crippen LogP contribution in [0.15, 0.2) is 34.7 Å². The predicted molar refractivity (Wildman–Crippen MR) is 66.3 cm³/mol. The second-order valence-electron chi connectivity index (χ2n) is 4.03. The van der Waals surface area contributed by atoms with Crippen molar-refractivity contribution in [3.63, 3.8) is 0 Å². The Kier molecular flexibility index (Phi) is 2.26. The van der Waals surface area contributed by atoms with Crippen molar-refractivity contribution in [2.45, 2.75) is 6.92 Å². The number of anilines is 1. The minimum Gasteiger partial charge on any atom is -0.434 e. The van der Waals surface area contributed by atoms with Crippen molar-refractivity contribution in [3.8, 4) is 11.5 Å². The van der Waals surface area contributed by atoms with Crippen molar-refractivity contribution < 1.29 is 8.81 Å². The van der Waals surface area contributed by atoms with Crippen LogP contribution in [-0.4, -0.2) is 9.97 Å². The van der Waals surface area contributed by atoms with Crippen LogP contribution in [-0.2, 0) is 0 Å². The van der Waals surface area contributed by atoms with Crippen LogP contribution in [0.5, 0.6) is 0 Å². The van der Waals surface area contributed by atoms with Gasteiger partial charge in [0, 0.05) is 11.3 Å². The van der Waals surface area contributed by atoms with Crippen LogP contribution < -0.4 is 5.73 Å².